The number of benzodiazepines with no additional fused rings is 1. The van der Waals surface area contributed by atoms with Gasteiger partial charge in [0, 0.05) is 22.9 Å². The molecule has 1 heterocycles. The van der Waals surface area contributed by atoms with Crippen LogP contribution in [0, 0.1) is 25.7 Å². The van der Waals surface area contributed by atoms with E-state index in [0.717, 1.165) is 60.2 Å². The average Bonchev–Trinajstić information content (AvgIpc) is 2.95. The molecule has 2 aromatic carbocycles. The van der Waals surface area contributed by atoms with Crippen LogP contribution in [0.4, 0.5) is 16.2 Å². The van der Waals surface area contributed by atoms with Crippen LogP contribution in [0.3, 0.4) is 0 Å². The molecule has 7 nitrogen and oxygen atoms in total. The number of para-hydroxylation sites is 1. The van der Waals surface area contributed by atoms with Crippen molar-refractivity contribution in [1.29, 1.82) is 0 Å². The first kappa shape index (κ1) is 26.6. The third-order valence-corrected chi connectivity index (χ3v) is 7.12. The zero-order chi connectivity index (χ0) is 26.5. The number of carbonyl (C=O) groups is 3. The molecule has 37 heavy (non-hydrogen) atoms. The van der Waals surface area contributed by atoms with Gasteiger partial charge in [-0.15, -0.1) is 0 Å². The number of urea groups is 1. The van der Waals surface area contributed by atoms with Gasteiger partial charge < -0.3 is 15.5 Å². The van der Waals surface area contributed by atoms with E-state index in [9.17, 15) is 14.4 Å². The van der Waals surface area contributed by atoms with E-state index in [2.05, 4.69) is 24.5 Å². The lowest BCUT2D eigenvalue weighted by atomic mass is 9.86. The van der Waals surface area contributed by atoms with Crippen LogP contribution in [0.15, 0.2) is 47.5 Å². The van der Waals surface area contributed by atoms with Gasteiger partial charge in [0.25, 0.3) is 5.91 Å². The normalized spacial score (nSPS) is 18.2. The second kappa shape index (κ2) is 11.7. The Balaban J connectivity index is 1.68. The average molecular weight is 503 g/mol. The van der Waals surface area contributed by atoms with E-state index in [1.807, 2.05) is 50.2 Å². The molecular formula is C30H38N4O3. The highest BCUT2D eigenvalue weighted by Crippen LogP contribution is 2.32. The Kier molecular flexibility index (Phi) is 8.41. The van der Waals surface area contributed by atoms with Crippen molar-refractivity contribution in [1.82, 2.24) is 5.32 Å². The van der Waals surface area contributed by atoms with E-state index in [4.69, 9.17) is 4.99 Å². The third-order valence-electron chi connectivity index (χ3n) is 7.12. The quantitative estimate of drug-likeness (QED) is 0.503. The molecule has 0 saturated heterocycles. The number of carbonyl (C=O) groups excluding carboxylic acids is 3. The summed E-state index contributed by atoms with van der Waals surface area (Å²) in [5, 5.41) is 5.59. The summed E-state index contributed by atoms with van der Waals surface area (Å²) < 4.78 is 0. The molecule has 0 unspecified atom stereocenters. The Bertz CT molecular complexity index is 1200. The Morgan fingerprint density at radius 2 is 1.78 bits per heavy atom. The van der Waals surface area contributed by atoms with Gasteiger partial charge in [-0.25, -0.2) is 4.79 Å². The number of benzene rings is 2. The van der Waals surface area contributed by atoms with Crippen LogP contribution in [0.1, 0.15) is 69.1 Å². The smallest absolute Gasteiger partial charge is 0.308 e. The number of ketones is 1. The monoisotopic (exact) mass is 502 g/mol. The van der Waals surface area contributed by atoms with Crippen LogP contribution in [0.2, 0.25) is 0 Å². The van der Waals surface area contributed by atoms with E-state index in [1.54, 1.807) is 11.0 Å². The molecule has 2 aromatic rings. The summed E-state index contributed by atoms with van der Waals surface area (Å²) in [5.41, 5.74) is 4.88. The summed E-state index contributed by atoms with van der Waals surface area (Å²) in [7, 11) is 0. The molecular weight excluding hydrogens is 464 g/mol. The van der Waals surface area contributed by atoms with Crippen LogP contribution in [0.25, 0.3) is 0 Å². The second-order valence-electron chi connectivity index (χ2n) is 10.7. The lowest BCUT2D eigenvalue weighted by Crippen LogP contribution is -2.50. The van der Waals surface area contributed by atoms with Gasteiger partial charge in [0.15, 0.2) is 5.78 Å². The molecule has 0 aromatic heterocycles. The first-order valence-electron chi connectivity index (χ1n) is 13.4. The predicted molar refractivity (Wildman–Crippen MR) is 148 cm³/mol. The molecule has 4 rings (SSSR count). The maximum Gasteiger partial charge on any atom is 0.321 e. The Morgan fingerprint density at radius 3 is 2.49 bits per heavy atom. The van der Waals surface area contributed by atoms with Gasteiger partial charge in [0.1, 0.15) is 0 Å². The molecule has 3 amide bonds. The number of fused-ring (bicyclic) bond motifs is 1. The summed E-state index contributed by atoms with van der Waals surface area (Å²) in [6.45, 7) is 8.09. The number of aliphatic imine (C=N–C) groups is 1. The Labute approximate surface area is 219 Å². The molecule has 1 atom stereocenters. The highest BCUT2D eigenvalue weighted by atomic mass is 16.2. The number of anilines is 2. The van der Waals surface area contributed by atoms with Crippen LogP contribution >= 0.6 is 0 Å². The SMILES string of the molecule is Cc1cccc(NC(=O)N[C@@H]2N=C(CC(C)C)c3cccc(C)c3N(CC(=O)C3CCCCC3)C2=O)c1. The fraction of sp³-hybridized carbons (Fsp3) is 0.467. The number of Topliss-reactive ketones (excluding diaryl/α,β-unsaturated/α-hetero) is 1. The molecule has 196 valence electrons. The highest BCUT2D eigenvalue weighted by Gasteiger charge is 2.36. The number of nitrogens with zero attached hydrogens (tertiary/aromatic N) is 2. The number of aryl methyl sites for hydroxylation is 2. The van der Waals surface area contributed by atoms with Crippen molar-refractivity contribution in [2.45, 2.75) is 72.4 Å². The number of nitrogens with one attached hydrogen (secondary N) is 2. The summed E-state index contributed by atoms with van der Waals surface area (Å²) in [6, 6.07) is 12.8. The minimum Gasteiger partial charge on any atom is -0.308 e. The van der Waals surface area contributed by atoms with E-state index in [0.29, 0.717) is 18.0 Å². The molecule has 1 aliphatic carbocycles. The maximum atomic E-state index is 14.0. The van der Waals surface area contributed by atoms with Gasteiger partial charge in [-0.3, -0.25) is 14.6 Å². The Morgan fingerprint density at radius 1 is 1.05 bits per heavy atom. The molecule has 1 saturated carbocycles. The van der Waals surface area contributed by atoms with Crippen LogP contribution in [-0.4, -0.2) is 36.1 Å². The van der Waals surface area contributed by atoms with Crippen molar-refractivity contribution in [2.75, 3.05) is 16.8 Å². The van der Waals surface area contributed by atoms with Crippen LogP contribution < -0.4 is 15.5 Å². The number of hydrogen-bond donors (Lipinski definition) is 2. The van der Waals surface area contributed by atoms with Gasteiger partial charge in [-0.1, -0.05) is 63.4 Å². The third kappa shape index (κ3) is 6.45. The molecule has 7 heteroatoms. The predicted octanol–water partition coefficient (Wildman–Crippen LogP) is 5.78. The first-order chi connectivity index (χ1) is 17.7. The largest absolute Gasteiger partial charge is 0.321 e. The summed E-state index contributed by atoms with van der Waals surface area (Å²) in [5.74, 6) is -0.0425. The zero-order valence-electron chi connectivity index (χ0n) is 22.3. The van der Waals surface area contributed by atoms with E-state index in [-0.39, 0.29) is 18.2 Å². The molecule has 1 aliphatic heterocycles. The van der Waals surface area contributed by atoms with E-state index in [1.165, 1.54) is 0 Å². The fourth-order valence-corrected chi connectivity index (χ4v) is 5.31. The summed E-state index contributed by atoms with van der Waals surface area (Å²) in [4.78, 5) is 46.7. The van der Waals surface area contributed by atoms with E-state index < -0.39 is 18.1 Å². The topological polar surface area (TPSA) is 90.9 Å². The lowest BCUT2D eigenvalue weighted by molar-refractivity contribution is -0.126. The van der Waals surface area contributed by atoms with Crippen LogP contribution in [0.5, 0.6) is 0 Å². The van der Waals surface area contributed by atoms with Crippen molar-refractivity contribution in [2.24, 2.45) is 16.8 Å². The van der Waals surface area contributed by atoms with Gasteiger partial charge >= 0.3 is 6.03 Å². The first-order valence-corrected chi connectivity index (χ1v) is 13.4. The Hall–Kier alpha value is -3.48. The molecule has 0 spiro atoms. The van der Waals surface area contributed by atoms with Gasteiger partial charge in [0.2, 0.25) is 6.17 Å². The number of hydrogen-bond acceptors (Lipinski definition) is 4. The summed E-state index contributed by atoms with van der Waals surface area (Å²) >= 11 is 0. The van der Waals surface area contributed by atoms with Gasteiger partial charge in [0.05, 0.1) is 12.2 Å². The van der Waals surface area contributed by atoms with Crippen molar-refractivity contribution in [3.63, 3.8) is 0 Å². The molecule has 1 fully saturated rings. The van der Waals surface area contributed by atoms with Crippen molar-refractivity contribution in [3.05, 3.63) is 59.2 Å². The van der Waals surface area contributed by atoms with Crippen LogP contribution in [-0.2, 0) is 9.59 Å². The van der Waals surface area contributed by atoms with E-state index >= 15 is 0 Å². The van der Waals surface area contributed by atoms with Crippen molar-refractivity contribution >= 4 is 34.8 Å². The zero-order valence-corrected chi connectivity index (χ0v) is 22.3. The molecule has 2 N–H and O–H groups in total. The second-order valence-corrected chi connectivity index (χ2v) is 10.7. The maximum absolute atomic E-state index is 14.0. The van der Waals surface area contributed by atoms with Gasteiger partial charge in [-0.05, 0) is 62.3 Å². The molecule has 0 radical (unpaired) electrons. The molecule has 2 aliphatic rings. The number of amides is 3. The minimum atomic E-state index is -1.13. The molecule has 0 bridgehead atoms. The highest BCUT2D eigenvalue weighted by molar-refractivity contribution is 6.15. The van der Waals surface area contributed by atoms with Gasteiger partial charge in [-0.2, -0.15) is 0 Å². The summed E-state index contributed by atoms with van der Waals surface area (Å²) in [6.07, 6.45) is 4.50. The standard InChI is InChI=1S/C30H38N4O3/c1-19(2)16-25-24-15-9-11-21(4)27(24)34(18-26(35)22-12-6-5-7-13-22)29(36)28(32-25)33-30(37)31-23-14-8-10-20(3)17-23/h8-11,14-15,17,19,22,28H,5-7,12-13,16,18H2,1-4H3,(H2,31,33,37)/t28-/m0/s1. The van der Waals surface area contributed by atoms with Crippen molar-refractivity contribution in [3.8, 4) is 0 Å². The minimum absolute atomic E-state index is 0.0104. The number of rotatable bonds is 7. The fourth-order valence-electron chi connectivity index (χ4n) is 5.31. The lowest BCUT2D eigenvalue weighted by Gasteiger charge is -2.29. The van der Waals surface area contributed by atoms with Crippen molar-refractivity contribution < 1.29 is 14.4 Å².